The average molecular weight is 356 g/mol. The molecule has 0 saturated heterocycles. The molecule has 3 aromatic rings. The van der Waals surface area contributed by atoms with Crippen LogP contribution in [-0.4, -0.2) is 21.6 Å². The second-order valence-electron chi connectivity index (χ2n) is 5.81. The molecule has 1 N–H and O–H groups in total. The monoisotopic (exact) mass is 356 g/mol. The highest BCUT2D eigenvalue weighted by Crippen LogP contribution is 2.21. The lowest BCUT2D eigenvalue weighted by atomic mass is 10.2. The quantitative estimate of drug-likeness (QED) is 0.388. The van der Waals surface area contributed by atoms with Crippen molar-refractivity contribution in [2.24, 2.45) is 0 Å². The maximum absolute atomic E-state index is 12.9. The van der Waals surface area contributed by atoms with Crippen molar-refractivity contribution in [1.82, 2.24) is 10.1 Å². The number of halogens is 1. The Morgan fingerprint density at radius 1 is 1.23 bits per heavy atom. The molecule has 134 valence electrons. The highest BCUT2D eigenvalue weighted by atomic mass is 19.1. The van der Waals surface area contributed by atoms with Crippen molar-refractivity contribution in [3.05, 3.63) is 69.9 Å². The van der Waals surface area contributed by atoms with Gasteiger partial charge in [-0.1, -0.05) is 5.16 Å². The van der Waals surface area contributed by atoms with E-state index < -0.39 is 4.92 Å². The molecule has 0 unspecified atom stereocenters. The molecule has 8 heteroatoms. The zero-order valence-electron chi connectivity index (χ0n) is 14.1. The number of aryl methyl sites for hydroxylation is 2. The van der Waals surface area contributed by atoms with Crippen molar-refractivity contribution in [3.8, 4) is 11.4 Å². The summed E-state index contributed by atoms with van der Waals surface area (Å²) in [5.41, 5.74) is 2.24. The summed E-state index contributed by atoms with van der Waals surface area (Å²) < 4.78 is 18.1. The Balaban J connectivity index is 1.50. The Hall–Kier alpha value is -3.29. The second-order valence-corrected chi connectivity index (χ2v) is 5.81. The van der Waals surface area contributed by atoms with Crippen LogP contribution in [0.15, 0.2) is 47.0 Å². The normalized spacial score (nSPS) is 10.7. The van der Waals surface area contributed by atoms with Gasteiger partial charge in [0.05, 0.1) is 4.92 Å². The van der Waals surface area contributed by atoms with Crippen LogP contribution in [0.3, 0.4) is 0 Å². The van der Waals surface area contributed by atoms with Crippen molar-refractivity contribution < 1.29 is 13.8 Å². The summed E-state index contributed by atoms with van der Waals surface area (Å²) >= 11 is 0. The predicted octanol–water partition coefficient (Wildman–Crippen LogP) is 4.14. The zero-order valence-corrected chi connectivity index (χ0v) is 14.1. The molecule has 26 heavy (non-hydrogen) atoms. The molecule has 0 spiro atoms. The summed E-state index contributed by atoms with van der Waals surface area (Å²) in [6.45, 7) is 2.37. The van der Waals surface area contributed by atoms with E-state index in [4.69, 9.17) is 4.52 Å². The van der Waals surface area contributed by atoms with E-state index in [0.29, 0.717) is 35.8 Å². The van der Waals surface area contributed by atoms with Gasteiger partial charge in [0.15, 0.2) is 0 Å². The van der Waals surface area contributed by atoms with E-state index in [9.17, 15) is 14.5 Å². The van der Waals surface area contributed by atoms with Crippen LogP contribution < -0.4 is 5.32 Å². The molecule has 0 radical (unpaired) electrons. The smallest absolute Gasteiger partial charge is 0.272 e. The van der Waals surface area contributed by atoms with Crippen LogP contribution in [0, 0.1) is 22.9 Å². The molecule has 0 aliphatic heterocycles. The van der Waals surface area contributed by atoms with E-state index in [2.05, 4.69) is 15.5 Å². The largest absolute Gasteiger partial charge is 0.385 e. The second kappa shape index (κ2) is 7.73. The van der Waals surface area contributed by atoms with E-state index in [1.54, 1.807) is 31.2 Å². The Bertz CT molecular complexity index is 909. The summed E-state index contributed by atoms with van der Waals surface area (Å²) in [6, 6.07) is 10.8. The SMILES string of the molecule is Cc1cc(NCCCc2nc(-c3ccc(F)cc3)no2)ccc1[N+](=O)[O-]. The van der Waals surface area contributed by atoms with E-state index in [-0.39, 0.29) is 11.5 Å². The van der Waals surface area contributed by atoms with E-state index in [1.165, 1.54) is 18.2 Å². The number of hydrogen-bond acceptors (Lipinski definition) is 6. The number of anilines is 1. The summed E-state index contributed by atoms with van der Waals surface area (Å²) in [4.78, 5) is 14.7. The highest BCUT2D eigenvalue weighted by Gasteiger charge is 2.11. The minimum absolute atomic E-state index is 0.106. The van der Waals surface area contributed by atoms with E-state index in [1.807, 2.05) is 0 Å². The molecule has 1 heterocycles. The van der Waals surface area contributed by atoms with Gasteiger partial charge in [-0.25, -0.2) is 4.39 Å². The first-order valence-electron chi connectivity index (χ1n) is 8.10. The molecule has 2 aromatic carbocycles. The fraction of sp³-hybridized carbons (Fsp3) is 0.222. The van der Waals surface area contributed by atoms with Crippen LogP contribution >= 0.6 is 0 Å². The lowest BCUT2D eigenvalue weighted by Crippen LogP contribution is -2.04. The van der Waals surface area contributed by atoms with Gasteiger partial charge in [0.25, 0.3) is 5.69 Å². The number of nitrogens with zero attached hydrogens (tertiary/aromatic N) is 3. The van der Waals surface area contributed by atoms with Crippen LogP contribution in [0.1, 0.15) is 17.9 Å². The Labute approximate surface area is 149 Å². The molecule has 0 atom stereocenters. The van der Waals surface area contributed by atoms with Crippen LogP contribution in [0.2, 0.25) is 0 Å². The van der Waals surface area contributed by atoms with Gasteiger partial charge in [-0.3, -0.25) is 10.1 Å². The van der Waals surface area contributed by atoms with Crippen molar-refractivity contribution >= 4 is 11.4 Å². The van der Waals surface area contributed by atoms with Crippen molar-refractivity contribution in [2.45, 2.75) is 19.8 Å². The fourth-order valence-electron chi connectivity index (χ4n) is 2.52. The maximum Gasteiger partial charge on any atom is 0.272 e. The van der Waals surface area contributed by atoms with Gasteiger partial charge in [-0.15, -0.1) is 0 Å². The third kappa shape index (κ3) is 4.21. The Kier molecular flexibility index (Phi) is 5.21. The van der Waals surface area contributed by atoms with Crippen LogP contribution in [0.25, 0.3) is 11.4 Å². The van der Waals surface area contributed by atoms with Gasteiger partial charge in [-0.2, -0.15) is 4.98 Å². The first-order chi connectivity index (χ1) is 12.5. The van der Waals surface area contributed by atoms with Gasteiger partial charge >= 0.3 is 0 Å². The van der Waals surface area contributed by atoms with Gasteiger partial charge in [-0.05, 0) is 49.7 Å². The predicted molar refractivity (Wildman–Crippen MR) is 94.3 cm³/mol. The lowest BCUT2D eigenvalue weighted by molar-refractivity contribution is -0.385. The van der Waals surface area contributed by atoms with Crippen molar-refractivity contribution in [1.29, 1.82) is 0 Å². The maximum atomic E-state index is 12.9. The topological polar surface area (TPSA) is 94.1 Å². The fourth-order valence-corrected chi connectivity index (χ4v) is 2.52. The molecule has 0 bridgehead atoms. The number of benzene rings is 2. The van der Waals surface area contributed by atoms with Crippen LogP contribution in [0.5, 0.6) is 0 Å². The average Bonchev–Trinajstić information content (AvgIpc) is 3.08. The third-order valence-electron chi connectivity index (χ3n) is 3.86. The molecule has 0 aliphatic carbocycles. The zero-order chi connectivity index (χ0) is 18.5. The molecule has 1 aromatic heterocycles. The lowest BCUT2D eigenvalue weighted by Gasteiger charge is -2.06. The van der Waals surface area contributed by atoms with Gasteiger partial charge in [0, 0.05) is 35.8 Å². The number of aromatic nitrogens is 2. The summed E-state index contributed by atoms with van der Waals surface area (Å²) in [7, 11) is 0. The minimum Gasteiger partial charge on any atom is -0.385 e. The first kappa shape index (κ1) is 17.5. The number of hydrogen-bond donors (Lipinski definition) is 1. The number of nitrogens with one attached hydrogen (secondary N) is 1. The van der Waals surface area contributed by atoms with Gasteiger partial charge < -0.3 is 9.84 Å². The molecular formula is C18H17FN4O3. The van der Waals surface area contributed by atoms with Crippen molar-refractivity contribution in [3.63, 3.8) is 0 Å². The summed E-state index contributed by atoms with van der Waals surface area (Å²) in [6.07, 6.45) is 1.34. The molecule has 0 amide bonds. The molecule has 3 rings (SSSR count). The van der Waals surface area contributed by atoms with Crippen LogP contribution in [0.4, 0.5) is 15.8 Å². The Morgan fingerprint density at radius 2 is 2.00 bits per heavy atom. The van der Waals surface area contributed by atoms with E-state index >= 15 is 0 Å². The van der Waals surface area contributed by atoms with Gasteiger partial charge in [0.1, 0.15) is 5.82 Å². The third-order valence-corrected chi connectivity index (χ3v) is 3.86. The summed E-state index contributed by atoms with van der Waals surface area (Å²) in [5.74, 6) is 0.620. The first-order valence-corrected chi connectivity index (χ1v) is 8.10. The molecule has 0 saturated carbocycles. The summed E-state index contributed by atoms with van der Waals surface area (Å²) in [5, 5.41) is 17.9. The standard InChI is InChI=1S/C18H17FN4O3/c1-12-11-15(8-9-16(12)23(24)25)20-10-2-3-17-21-18(22-26-17)13-4-6-14(19)7-5-13/h4-9,11,20H,2-3,10H2,1H3. The number of rotatable bonds is 7. The molecule has 0 fully saturated rings. The van der Waals surface area contributed by atoms with E-state index in [0.717, 1.165) is 12.1 Å². The molecule has 7 nitrogen and oxygen atoms in total. The number of nitro groups is 1. The highest BCUT2D eigenvalue weighted by molar-refractivity contribution is 5.54. The molecular weight excluding hydrogens is 339 g/mol. The molecule has 0 aliphatic rings. The van der Waals surface area contributed by atoms with Crippen molar-refractivity contribution in [2.75, 3.05) is 11.9 Å². The van der Waals surface area contributed by atoms with Crippen LogP contribution in [-0.2, 0) is 6.42 Å². The Morgan fingerprint density at radius 3 is 2.69 bits per heavy atom. The minimum atomic E-state index is -0.395. The van der Waals surface area contributed by atoms with Gasteiger partial charge in [0.2, 0.25) is 11.7 Å². The number of nitro benzene ring substituents is 1.